The van der Waals surface area contributed by atoms with Crippen LogP contribution in [0, 0.1) is 5.92 Å². The highest BCUT2D eigenvalue weighted by atomic mass is 16.4. The summed E-state index contributed by atoms with van der Waals surface area (Å²) in [6.45, 7) is 2.82. The highest BCUT2D eigenvalue weighted by Gasteiger charge is 2.28. The van der Waals surface area contributed by atoms with Crippen molar-refractivity contribution in [1.29, 1.82) is 0 Å². The Morgan fingerprint density at radius 3 is 1.96 bits per heavy atom. The Balaban J connectivity index is 4.75. The first-order valence-corrected chi connectivity index (χ1v) is 7.06. The van der Waals surface area contributed by atoms with Crippen LogP contribution in [0.25, 0.3) is 0 Å². The van der Waals surface area contributed by atoms with Gasteiger partial charge in [0.1, 0.15) is 12.1 Å². The minimum Gasteiger partial charge on any atom is -0.480 e. The average molecular weight is 332 g/mol. The van der Waals surface area contributed by atoms with Gasteiger partial charge in [-0.3, -0.25) is 14.4 Å². The first-order valence-electron chi connectivity index (χ1n) is 7.06. The fourth-order valence-corrected chi connectivity index (χ4v) is 1.75. The number of aliphatic hydroxyl groups is 1. The van der Waals surface area contributed by atoms with Gasteiger partial charge in [0.2, 0.25) is 17.7 Å². The lowest BCUT2D eigenvalue weighted by atomic mass is 10.0. The highest BCUT2D eigenvalue weighted by molar-refractivity contribution is 5.93. The van der Waals surface area contributed by atoms with Crippen molar-refractivity contribution in [3.8, 4) is 0 Å². The Hall–Kier alpha value is -2.20. The zero-order valence-corrected chi connectivity index (χ0v) is 13.1. The molecule has 0 aromatic heterocycles. The van der Waals surface area contributed by atoms with Crippen LogP contribution in [-0.4, -0.2) is 58.6 Å². The summed E-state index contributed by atoms with van der Waals surface area (Å²) in [6.07, 6.45) is -0.231. The maximum absolute atomic E-state index is 12.0. The summed E-state index contributed by atoms with van der Waals surface area (Å²) in [4.78, 5) is 45.5. The molecule has 0 saturated carbocycles. The third-order valence-electron chi connectivity index (χ3n) is 2.90. The number of carbonyl (C=O) groups is 4. The lowest BCUT2D eigenvalue weighted by molar-refractivity contribution is -0.143. The van der Waals surface area contributed by atoms with Gasteiger partial charge in [0.15, 0.2) is 0 Å². The van der Waals surface area contributed by atoms with E-state index in [1.54, 1.807) is 13.8 Å². The molecule has 3 amide bonds. The summed E-state index contributed by atoms with van der Waals surface area (Å²) in [7, 11) is 0. The normalized spacial score (nSPS) is 14.7. The standard InChI is InChI=1S/C13H24N4O6/c1-6(2)3-8(13(22)23)16-12(21)9(5-18)17-11(20)7(14)4-10(15)19/h6-9,18H,3-5,14H2,1-2H3,(H2,15,19)(H,16,21)(H,17,20)(H,22,23). The van der Waals surface area contributed by atoms with Gasteiger partial charge in [-0.05, 0) is 12.3 Å². The topological polar surface area (TPSA) is 185 Å². The Labute approximate surface area is 133 Å². The largest absolute Gasteiger partial charge is 0.480 e. The van der Waals surface area contributed by atoms with Gasteiger partial charge in [-0.25, -0.2) is 4.79 Å². The molecule has 0 fully saturated rings. The first-order chi connectivity index (χ1) is 10.6. The molecule has 23 heavy (non-hydrogen) atoms. The van der Waals surface area contributed by atoms with E-state index >= 15 is 0 Å². The molecule has 0 aliphatic rings. The number of aliphatic carboxylic acids is 1. The van der Waals surface area contributed by atoms with E-state index in [1.165, 1.54) is 0 Å². The average Bonchev–Trinajstić information content (AvgIpc) is 2.41. The van der Waals surface area contributed by atoms with Crippen molar-refractivity contribution in [2.75, 3.05) is 6.61 Å². The number of amides is 3. The molecule has 10 heteroatoms. The summed E-state index contributed by atoms with van der Waals surface area (Å²) in [5, 5.41) is 22.6. The molecule has 3 atom stereocenters. The third kappa shape index (κ3) is 8.12. The molecule has 132 valence electrons. The van der Waals surface area contributed by atoms with Crippen molar-refractivity contribution in [2.45, 2.75) is 44.8 Å². The summed E-state index contributed by atoms with van der Waals surface area (Å²) in [5.74, 6) is -3.71. The minimum absolute atomic E-state index is 0.0163. The quantitative estimate of drug-likeness (QED) is 0.251. The Morgan fingerprint density at radius 2 is 1.57 bits per heavy atom. The molecule has 0 aliphatic heterocycles. The van der Waals surface area contributed by atoms with E-state index in [0.717, 1.165) is 0 Å². The summed E-state index contributed by atoms with van der Waals surface area (Å²) in [6, 6.07) is -3.79. The molecule has 10 nitrogen and oxygen atoms in total. The van der Waals surface area contributed by atoms with Gasteiger partial charge in [-0.1, -0.05) is 13.8 Å². The maximum Gasteiger partial charge on any atom is 0.326 e. The Morgan fingerprint density at radius 1 is 1.04 bits per heavy atom. The molecule has 0 aliphatic carbocycles. The van der Waals surface area contributed by atoms with Gasteiger partial charge in [0, 0.05) is 0 Å². The van der Waals surface area contributed by atoms with Crippen LogP contribution in [0.3, 0.4) is 0 Å². The number of carboxylic acids is 1. The Kier molecular flexibility index (Phi) is 8.81. The number of aliphatic hydroxyl groups excluding tert-OH is 1. The summed E-state index contributed by atoms with van der Waals surface area (Å²) >= 11 is 0. The number of nitrogens with one attached hydrogen (secondary N) is 2. The van der Waals surface area contributed by atoms with Gasteiger partial charge >= 0.3 is 5.97 Å². The number of carbonyl (C=O) groups excluding carboxylic acids is 3. The van der Waals surface area contributed by atoms with Crippen LogP contribution in [0.4, 0.5) is 0 Å². The molecule has 0 rings (SSSR count). The third-order valence-corrected chi connectivity index (χ3v) is 2.90. The van der Waals surface area contributed by atoms with Gasteiger partial charge < -0.3 is 32.3 Å². The molecule has 0 bridgehead atoms. The number of hydrogen-bond acceptors (Lipinski definition) is 6. The maximum atomic E-state index is 12.0. The van der Waals surface area contributed by atoms with Crippen LogP contribution in [0.2, 0.25) is 0 Å². The van der Waals surface area contributed by atoms with Crippen molar-refractivity contribution in [3.05, 3.63) is 0 Å². The van der Waals surface area contributed by atoms with Crippen molar-refractivity contribution < 1.29 is 29.4 Å². The van der Waals surface area contributed by atoms with E-state index in [9.17, 15) is 24.3 Å². The van der Waals surface area contributed by atoms with Crippen LogP contribution >= 0.6 is 0 Å². The van der Waals surface area contributed by atoms with Crippen molar-refractivity contribution in [2.24, 2.45) is 17.4 Å². The molecule has 0 aromatic carbocycles. The predicted octanol–water partition coefficient (Wildman–Crippen LogP) is -2.72. The van der Waals surface area contributed by atoms with Crippen molar-refractivity contribution in [3.63, 3.8) is 0 Å². The fourth-order valence-electron chi connectivity index (χ4n) is 1.75. The molecule has 0 spiro atoms. The molecule has 0 radical (unpaired) electrons. The smallest absolute Gasteiger partial charge is 0.326 e. The molecular weight excluding hydrogens is 308 g/mol. The zero-order chi connectivity index (χ0) is 18.2. The predicted molar refractivity (Wildman–Crippen MR) is 79.8 cm³/mol. The van der Waals surface area contributed by atoms with Crippen LogP contribution in [0.15, 0.2) is 0 Å². The van der Waals surface area contributed by atoms with Crippen molar-refractivity contribution in [1.82, 2.24) is 10.6 Å². The fraction of sp³-hybridized carbons (Fsp3) is 0.692. The first kappa shape index (κ1) is 20.8. The molecular formula is C13H24N4O6. The van der Waals surface area contributed by atoms with E-state index in [4.69, 9.17) is 16.6 Å². The molecule has 3 unspecified atom stereocenters. The van der Waals surface area contributed by atoms with Gasteiger partial charge in [0.05, 0.1) is 19.1 Å². The second-order valence-corrected chi connectivity index (χ2v) is 5.55. The molecule has 8 N–H and O–H groups in total. The van der Waals surface area contributed by atoms with Gasteiger partial charge in [0.25, 0.3) is 0 Å². The van der Waals surface area contributed by atoms with E-state index < -0.39 is 54.8 Å². The van der Waals surface area contributed by atoms with Crippen LogP contribution in [-0.2, 0) is 19.2 Å². The number of primary amides is 1. The molecule has 0 heterocycles. The number of carboxylic acid groups (broad SMARTS) is 1. The van der Waals surface area contributed by atoms with Gasteiger partial charge in [-0.15, -0.1) is 0 Å². The monoisotopic (exact) mass is 332 g/mol. The molecule has 0 aromatic rings. The van der Waals surface area contributed by atoms with E-state index in [2.05, 4.69) is 10.6 Å². The minimum atomic E-state index is -1.38. The number of rotatable bonds is 10. The number of hydrogen-bond donors (Lipinski definition) is 6. The van der Waals surface area contributed by atoms with E-state index in [0.29, 0.717) is 0 Å². The SMILES string of the molecule is CC(C)CC(NC(=O)C(CO)NC(=O)C(N)CC(N)=O)C(=O)O. The second kappa shape index (κ2) is 9.74. The van der Waals surface area contributed by atoms with Crippen molar-refractivity contribution >= 4 is 23.7 Å². The lowest BCUT2D eigenvalue weighted by Gasteiger charge is -2.22. The van der Waals surface area contributed by atoms with Crippen LogP contribution in [0.5, 0.6) is 0 Å². The Bertz CT molecular complexity index is 454. The summed E-state index contributed by atoms with van der Waals surface area (Å²) < 4.78 is 0. The highest BCUT2D eigenvalue weighted by Crippen LogP contribution is 2.05. The van der Waals surface area contributed by atoms with Crippen LogP contribution < -0.4 is 22.1 Å². The van der Waals surface area contributed by atoms with Crippen LogP contribution in [0.1, 0.15) is 26.7 Å². The lowest BCUT2D eigenvalue weighted by Crippen LogP contribution is -2.56. The zero-order valence-electron chi connectivity index (χ0n) is 13.1. The summed E-state index contributed by atoms with van der Waals surface area (Å²) in [5.41, 5.74) is 10.3. The second-order valence-electron chi connectivity index (χ2n) is 5.55. The van der Waals surface area contributed by atoms with E-state index in [-0.39, 0.29) is 12.3 Å². The molecule has 0 saturated heterocycles. The van der Waals surface area contributed by atoms with Gasteiger partial charge in [-0.2, -0.15) is 0 Å². The van der Waals surface area contributed by atoms with E-state index in [1.807, 2.05) is 0 Å². The number of nitrogens with two attached hydrogens (primary N) is 2.